The minimum absolute atomic E-state index is 0.315. The van der Waals surface area contributed by atoms with Gasteiger partial charge in [0.15, 0.2) is 0 Å². The van der Waals surface area contributed by atoms with Gasteiger partial charge in [-0.25, -0.2) is 9.97 Å². The molecule has 28 heavy (non-hydrogen) atoms. The highest BCUT2D eigenvalue weighted by Gasteiger charge is 2.17. The van der Waals surface area contributed by atoms with E-state index in [0.29, 0.717) is 47.3 Å². The highest BCUT2D eigenvalue weighted by molar-refractivity contribution is 6.21. The number of hydrogen-bond donors (Lipinski definition) is 0. The van der Waals surface area contributed by atoms with Gasteiger partial charge in [0, 0.05) is 23.2 Å². The van der Waals surface area contributed by atoms with Crippen LogP contribution in [-0.2, 0) is 0 Å². The standard InChI is InChI=1S/C20H16N6O2/c1-3-27-19-20(28-4-2)26-18-17(25-19)23-15-11-7-5-9-21-13(11)14-12(16(15)24-18)8-6-10-22-14/h5-10H,3-4H2,1-2H3. The zero-order valence-electron chi connectivity index (χ0n) is 15.4. The van der Waals surface area contributed by atoms with Gasteiger partial charge in [-0.3, -0.25) is 9.97 Å². The Bertz CT molecular complexity index is 1250. The fourth-order valence-electron chi connectivity index (χ4n) is 3.26. The van der Waals surface area contributed by atoms with Gasteiger partial charge in [-0.05, 0) is 38.1 Å². The van der Waals surface area contributed by atoms with E-state index in [9.17, 15) is 0 Å². The maximum atomic E-state index is 5.58. The van der Waals surface area contributed by atoms with Gasteiger partial charge in [0.2, 0.25) is 11.3 Å². The van der Waals surface area contributed by atoms with E-state index < -0.39 is 0 Å². The van der Waals surface area contributed by atoms with Gasteiger partial charge in [-0.2, -0.15) is 9.97 Å². The number of ether oxygens (including phenoxy) is 2. The molecule has 0 aliphatic heterocycles. The second-order valence-corrected chi connectivity index (χ2v) is 6.07. The van der Waals surface area contributed by atoms with Gasteiger partial charge >= 0.3 is 0 Å². The van der Waals surface area contributed by atoms with Crippen molar-refractivity contribution in [1.29, 1.82) is 0 Å². The van der Waals surface area contributed by atoms with Crippen molar-refractivity contribution in [2.24, 2.45) is 0 Å². The molecule has 8 nitrogen and oxygen atoms in total. The zero-order chi connectivity index (χ0) is 19.1. The van der Waals surface area contributed by atoms with Crippen molar-refractivity contribution >= 4 is 44.1 Å². The van der Waals surface area contributed by atoms with Gasteiger partial charge in [-0.1, -0.05) is 0 Å². The third-order valence-electron chi connectivity index (χ3n) is 4.37. The van der Waals surface area contributed by atoms with Crippen molar-refractivity contribution in [3.63, 3.8) is 0 Å². The van der Waals surface area contributed by atoms with Crippen molar-refractivity contribution in [3.8, 4) is 11.8 Å². The molecule has 5 aromatic rings. The van der Waals surface area contributed by atoms with Crippen LogP contribution in [0.15, 0.2) is 36.7 Å². The van der Waals surface area contributed by atoms with Crippen molar-refractivity contribution < 1.29 is 9.47 Å². The third-order valence-corrected chi connectivity index (χ3v) is 4.37. The lowest BCUT2D eigenvalue weighted by molar-refractivity contribution is 0.270. The van der Waals surface area contributed by atoms with E-state index in [2.05, 4.69) is 19.9 Å². The van der Waals surface area contributed by atoms with E-state index >= 15 is 0 Å². The van der Waals surface area contributed by atoms with Crippen molar-refractivity contribution in [2.75, 3.05) is 13.2 Å². The summed E-state index contributed by atoms with van der Waals surface area (Å²) in [6.45, 7) is 4.66. The van der Waals surface area contributed by atoms with Crippen LogP contribution in [0.25, 0.3) is 44.1 Å². The van der Waals surface area contributed by atoms with Crippen LogP contribution in [0.4, 0.5) is 0 Å². The first-order chi connectivity index (χ1) is 13.8. The normalized spacial score (nSPS) is 11.5. The second kappa shape index (κ2) is 6.49. The van der Waals surface area contributed by atoms with Crippen LogP contribution in [-0.4, -0.2) is 43.1 Å². The minimum atomic E-state index is 0.315. The smallest absolute Gasteiger partial charge is 0.280 e. The molecule has 4 aromatic heterocycles. The van der Waals surface area contributed by atoms with Crippen LogP contribution in [0.1, 0.15) is 13.8 Å². The molecule has 0 amide bonds. The van der Waals surface area contributed by atoms with Crippen molar-refractivity contribution in [2.45, 2.75) is 13.8 Å². The van der Waals surface area contributed by atoms with Gasteiger partial charge in [0.05, 0.1) is 24.2 Å². The Morgan fingerprint density at radius 2 is 1.11 bits per heavy atom. The molecule has 4 heterocycles. The number of hydrogen-bond acceptors (Lipinski definition) is 8. The maximum Gasteiger partial charge on any atom is 0.280 e. The van der Waals surface area contributed by atoms with Gasteiger partial charge in [0.25, 0.3) is 11.8 Å². The highest BCUT2D eigenvalue weighted by Crippen LogP contribution is 2.32. The Hall–Kier alpha value is -3.68. The quantitative estimate of drug-likeness (QED) is 0.349. The van der Waals surface area contributed by atoms with Crippen LogP contribution >= 0.6 is 0 Å². The van der Waals surface area contributed by atoms with Gasteiger partial charge in [0.1, 0.15) is 11.0 Å². The van der Waals surface area contributed by atoms with Crippen molar-refractivity contribution in [1.82, 2.24) is 29.9 Å². The van der Waals surface area contributed by atoms with Crippen LogP contribution < -0.4 is 9.47 Å². The summed E-state index contributed by atoms with van der Waals surface area (Å²) in [5.41, 5.74) is 3.76. The van der Waals surface area contributed by atoms with Gasteiger partial charge in [-0.15, -0.1) is 0 Å². The molecular formula is C20H16N6O2. The van der Waals surface area contributed by atoms with Crippen LogP contribution in [0.2, 0.25) is 0 Å². The summed E-state index contributed by atoms with van der Waals surface area (Å²) >= 11 is 0. The monoisotopic (exact) mass is 372 g/mol. The van der Waals surface area contributed by atoms with Crippen LogP contribution in [0.5, 0.6) is 11.8 Å². The molecule has 138 valence electrons. The molecule has 0 atom stereocenters. The summed E-state index contributed by atoms with van der Waals surface area (Å²) in [6, 6.07) is 7.67. The molecule has 0 fully saturated rings. The van der Waals surface area contributed by atoms with E-state index in [1.807, 2.05) is 38.1 Å². The van der Waals surface area contributed by atoms with Crippen molar-refractivity contribution in [3.05, 3.63) is 36.7 Å². The maximum absolute atomic E-state index is 5.58. The summed E-state index contributed by atoms with van der Waals surface area (Å²) in [5.74, 6) is 0.630. The Labute approximate surface area is 159 Å². The molecule has 0 spiro atoms. The third kappa shape index (κ3) is 2.45. The lowest BCUT2D eigenvalue weighted by Crippen LogP contribution is -2.05. The molecule has 0 unspecified atom stereocenters. The lowest BCUT2D eigenvalue weighted by Gasteiger charge is -2.11. The Morgan fingerprint density at radius 1 is 0.643 bits per heavy atom. The number of rotatable bonds is 4. The van der Waals surface area contributed by atoms with Gasteiger partial charge < -0.3 is 9.47 Å². The van der Waals surface area contributed by atoms with Crippen LogP contribution in [0.3, 0.4) is 0 Å². The SMILES string of the molecule is CCOc1nc2nc3c4cccnc4c4ncccc4c3nc2nc1OCC. The molecule has 8 heteroatoms. The molecular weight excluding hydrogens is 356 g/mol. The van der Waals surface area contributed by atoms with E-state index in [-0.39, 0.29) is 0 Å². The fraction of sp³-hybridized carbons (Fsp3) is 0.200. The Morgan fingerprint density at radius 3 is 1.54 bits per heavy atom. The summed E-state index contributed by atoms with van der Waals surface area (Å²) in [4.78, 5) is 27.6. The molecule has 0 N–H and O–H groups in total. The first-order valence-electron chi connectivity index (χ1n) is 9.06. The largest absolute Gasteiger partial charge is 0.474 e. The molecule has 0 saturated heterocycles. The number of pyridine rings is 2. The van der Waals surface area contributed by atoms with E-state index in [1.54, 1.807) is 12.4 Å². The Balaban J connectivity index is 1.94. The second-order valence-electron chi connectivity index (χ2n) is 6.07. The molecule has 0 bridgehead atoms. The zero-order valence-corrected chi connectivity index (χ0v) is 15.4. The Kier molecular flexibility index (Phi) is 3.82. The predicted molar refractivity (Wildman–Crippen MR) is 106 cm³/mol. The molecule has 0 aliphatic carbocycles. The summed E-state index contributed by atoms with van der Waals surface area (Å²) in [5, 5.41) is 1.73. The molecule has 0 saturated carbocycles. The highest BCUT2D eigenvalue weighted by atomic mass is 16.5. The minimum Gasteiger partial charge on any atom is -0.474 e. The molecule has 0 radical (unpaired) electrons. The van der Waals surface area contributed by atoms with E-state index in [0.717, 1.165) is 21.8 Å². The summed E-state index contributed by atoms with van der Waals surface area (Å²) < 4.78 is 11.2. The number of benzene rings is 1. The van der Waals surface area contributed by atoms with Crippen LogP contribution in [0, 0.1) is 0 Å². The fourth-order valence-corrected chi connectivity index (χ4v) is 3.26. The molecule has 0 aliphatic rings. The predicted octanol–water partition coefficient (Wildman–Crippen LogP) is 3.47. The first kappa shape index (κ1) is 16.5. The summed E-state index contributed by atoms with van der Waals surface area (Å²) in [6.07, 6.45) is 3.50. The van der Waals surface area contributed by atoms with E-state index in [1.165, 1.54) is 0 Å². The van der Waals surface area contributed by atoms with E-state index in [4.69, 9.17) is 19.4 Å². The average molecular weight is 372 g/mol. The number of aromatic nitrogens is 6. The average Bonchev–Trinajstić information content (AvgIpc) is 2.74. The molecule has 5 rings (SSSR count). The number of nitrogens with zero attached hydrogens (tertiary/aromatic N) is 6. The lowest BCUT2D eigenvalue weighted by atomic mass is 10.1. The number of fused-ring (bicyclic) bond motifs is 7. The first-order valence-corrected chi connectivity index (χ1v) is 9.06. The molecule has 1 aromatic carbocycles. The topological polar surface area (TPSA) is 95.8 Å². The summed E-state index contributed by atoms with van der Waals surface area (Å²) in [7, 11) is 0.